The number of rotatable bonds is 5. The van der Waals surface area contributed by atoms with Crippen LogP contribution in [-0.4, -0.2) is 17.0 Å². The first-order chi connectivity index (χ1) is 9.66. The number of carbonyl (C=O) groups is 2. The predicted molar refractivity (Wildman–Crippen MR) is 76.1 cm³/mol. The lowest BCUT2D eigenvalue weighted by molar-refractivity contribution is -0.142. The van der Waals surface area contributed by atoms with Gasteiger partial charge in [-0.05, 0) is 31.2 Å². The molecule has 0 bridgehead atoms. The Kier molecular flexibility index (Phi) is 4.93. The summed E-state index contributed by atoms with van der Waals surface area (Å²) < 4.78 is 0. The van der Waals surface area contributed by atoms with Gasteiger partial charge in [0.1, 0.15) is 0 Å². The van der Waals surface area contributed by atoms with Gasteiger partial charge in [-0.1, -0.05) is 42.0 Å². The van der Waals surface area contributed by atoms with Gasteiger partial charge in [-0.15, -0.1) is 0 Å². The van der Waals surface area contributed by atoms with E-state index in [0.717, 1.165) is 24.8 Å². The first-order valence-electron chi connectivity index (χ1n) is 6.92. The predicted octanol–water partition coefficient (Wildman–Crippen LogP) is 2.82. The smallest absolute Gasteiger partial charge is 0.330 e. The van der Waals surface area contributed by atoms with Gasteiger partial charge in [0.2, 0.25) is 5.91 Å². The van der Waals surface area contributed by atoms with Crippen LogP contribution in [0.25, 0.3) is 0 Å². The summed E-state index contributed by atoms with van der Waals surface area (Å²) in [6.07, 6.45) is 6.64. The van der Waals surface area contributed by atoms with Crippen LogP contribution in [0.15, 0.2) is 42.0 Å². The lowest BCUT2D eigenvalue weighted by Gasteiger charge is -2.17. The van der Waals surface area contributed by atoms with Crippen molar-refractivity contribution in [2.75, 3.05) is 0 Å². The zero-order valence-electron chi connectivity index (χ0n) is 11.3. The maximum atomic E-state index is 12.0. The normalized spacial score (nSPS) is 16.1. The van der Waals surface area contributed by atoms with E-state index in [4.69, 9.17) is 0 Å². The van der Waals surface area contributed by atoms with Gasteiger partial charge in [-0.25, -0.2) is 4.79 Å². The number of hydrogen-bond acceptors (Lipinski definition) is 2. The number of aliphatic carboxylic acids is 1. The molecule has 0 spiro atoms. The van der Waals surface area contributed by atoms with Crippen LogP contribution < -0.4 is 5.32 Å². The Morgan fingerprint density at radius 3 is 2.55 bits per heavy atom. The second-order valence-electron chi connectivity index (χ2n) is 5.03. The average molecular weight is 273 g/mol. The molecule has 0 aromatic heterocycles. The van der Waals surface area contributed by atoms with Gasteiger partial charge in [0.05, 0.1) is 0 Å². The summed E-state index contributed by atoms with van der Waals surface area (Å²) in [7, 11) is 0. The van der Waals surface area contributed by atoms with E-state index in [0.29, 0.717) is 12.0 Å². The summed E-state index contributed by atoms with van der Waals surface area (Å²) in [5.74, 6) is -1.27. The minimum absolute atomic E-state index is 0.227. The number of allylic oxidation sites excluding steroid dienone is 1. The summed E-state index contributed by atoms with van der Waals surface area (Å²) in [6.45, 7) is 0. The van der Waals surface area contributed by atoms with E-state index >= 15 is 0 Å². The van der Waals surface area contributed by atoms with Crippen LogP contribution in [-0.2, 0) is 9.59 Å². The number of carboxylic acid groups (broad SMARTS) is 1. The molecule has 4 nitrogen and oxygen atoms in total. The van der Waals surface area contributed by atoms with E-state index in [1.165, 1.54) is 6.42 Å². The largest absolute Gasteiger partial charge is 0.479 e. The Bertz CT molecular complexity index is 508. The van der Waals surface area contributed by atoms with Crippen LogP contribution in [0.5, 0.6) is 0 Å². The highest BCUT2D eigenvalue weighted by Gasteiger charge is 2.22. The van der Waals surface area contributed by atoms with Gasteiger partial charge in [-0.3, -0.25) is 4.79 Å². The molecular formula is C16H19NO3. The van der Waals surface area contributed by atoms with E-state index in [1.807, 2.05) is 6.07 Å². The molecule has 0 aliphatic heterocycles. The Balaban J connectivity index is 2.00. The van der Waals surface area contributed by atoms with Crippen LogP contribution in [0, 0.1) is 0 Å². The van der Waals surface area contributed by atoms with Crippen LogP contribution in [0.3, 0.4) is 0 Å². The SMILES string of the molecule is O=C(CC1=CCCCC1)NC(C(=O)O)c1ccccc1. The van der Waals surface area contributed by atoms with Crippen molar-refractivity contribution in [3.05, 3.63) is 47.5 Å². The molecular weight excluding hydrogens is 254 g/mol. The second-order valence-corrected chi connectivity index (χ2v) is 5.03. The van der Waals surface area contributed by atoms with Crippen molar-refractivity contribution in [2.24, 2.45) is 0 Å². The zero-order valence-corrected chi connectivity index (χ0v) is 11.3. The fourth-order valence-corrected chi connectivity index (χ4v) is 2.42. The van der Waals surface area contributed by atoms with Crippen molar-refractivity contribution in [2.45, 2.75) is 38.1 Å². The van der Waals surface area contributed by atoms with E-state index in [9.17, 15) is 14.7 Å². The van der Waals surface area contributed by atoms with Crippen molar-refractivity contribution >= 4 is 11.9 Å². The van der Waals surface area contributed by atoms with E-state index in [1.54, 1.807) is 24.3 Å². The highest BCUT2D eigenvalue weighted by Crippen LogP contribution is 2.20. The van der Waals surface area contributed by atoms with E-state index in [-0.39, 0.29) is 5.91 Å². The molecule has 1 aromatic carbocycles. The van der Waals surface area contributed by atoms with Gasteiger partial charge in [-0.2, -0.15) is 0 Å². The Morgan fingerprint density at radius 1 is 1.20 bits per heavy atom. The molecule has 2 N–H and O–H groups in total. The Morgan fingerprint density at radius 2 is 1.95 bits per heavy atom. The van der Waals surface area contributed by atoms with E-state index in [2.05, 4.69) is 11.4 Å². The Hall–Kier alpha value is -2.10. The standard InChI is InChI=1S/C16H19NO3/c18-14(11-12-7-3-1-4-8-12)17-15(16(19)20)13-9-5-2-6-10-13/h2,5-7,9-10,15H,1,3-4,8,11H2,(H,17,18)(H,19,20). The first-order valence-corrected chi connectivity index (χ1v) is 6.92. The second kappa shape index (κ2) is 6.89. The fraction of sp³-hybridized carbons (Fsp3) is 0.375. The third kappa shape index (κ3) is 3.95. The monoisotopic (exact) mass is 273 g/mol. The van der Waals surface area contributed by atoms with Gasteiger partial charge < -0.3 is 10.4 Å². The van der Waals surface area contributed by atoms with Crippen molar-refractivity contribution in [3.63, 3.8) is 0 Å². The molecule has 20 heavy (non-hydrogen) atoms. The summed E-state index contributed by atoms with van der Waals surface area (Å²) in [5, 5.41) is 11.9. The van der Waals surface area contributed by atoms with Gasteiger partial charge in [0.15, 0.2) is 6.04 Å². The molecule has 0 fully saturated rings. The molecule has 106 valence electrons. The number of carboxylic acids is 1. The molecule has 0 saturated heterocycles. The van der Waals surface area contributed by atoms with Crippen molar-refractivity contribution in [1.29, 1.82) is 0 Å². The van der Waals surface area contributed by atoms with Crippen molar-refractivity contribution < 1.29 is 14.7 Å². The van der Waals surface area contributed by atoms with Crippen LogP contribution >= 0.6 is 0 Å². The Labute approximate surface area is 118 Å². The van der Waals surface area contributed by atoms with E-state index < -0.39 is 12.0 Å². The van der Waals surface area contributed by atoms with Gasteiger partial charge in [0, 0.05) is 6.42 Å². The molecule has 0 radical (unpaired) electrons. The quantitative estimate of drug-likeness (QED) is 0.811. The third-order valence-electron chi connectivity index (χ3n) is 3.46. The minimum atomic E-state index is -1.04. The number of nitrogens with one attached hydrogen (secondary N) is 1. The molecule has 0 heterocycles. The summed E-state index contributed by atoms with van der Waals surface area (Å²) in [5.41, 5.74) is 1.71. The van der Waals surface area contributed by atoms with Gasteiger partial charge >= 0.3 is 5.97 Å². The summed E-state index contributed by atoms with van der Waals surface area (Å²) in [6, 6.07) is 7.78. The molecule has 2 rings (SSSR count). The lowest BCUT2D eigenvalue weighted by atomic mass is 9.97. The number of carbonyl (C=O) groups excluding carboxylic acids is 1. The highest BCUT2D eigenvalue weighted by atomic mass is 16.4. The topological polar surface area (TPSA) is 66.4 Å². The maximum Gasteiger partial charge on any atom is 0.330 e. The molecule has 1 aliphatic rings. The van der Waals surface area contributed by atoms with Crippen LogP contribution in [0.1, 0.15) is 43.7 Å². The minimum Gasteiger partial charge on any atom is -0.479 e. The summed E-state index contributed by atoms with van der Waals surface area (Å²) >= 11 is 0. The molecule has 0 saturated carbocycles. The average Bonchev–Trinajstić information content (AvgIpc) is 2.46. The molecule has 1 aliphatic carbocycles. The molecule has 1 amide bonds. The van der Waals surface area contributed by atoms with Crippen LogP contribution in [0.2, 0.25) is 0 Å². The van der Waals surface area contributed by atoms with Crippen LogP contribution in [0.4, 0.5) is 0 Å². The number of amides is 1. The fourth-order valence-electron chi connectivity index (χ4n) is 2.42. The highest BCUT2D eigenvalue weighted by molar-refractivity contribution is 5.85. The number of benzene rings is 1. The lowest BCUT2D eigenvalue weighted by Crippen LogP contribution is -2.33. The van der Waals surface area contributed by atoms with Gasteiger partial charge in [0.25, 0.3) is 0 Å². The first kappa shape index (κ1) is 14.3. The maximum absolute atomic E-state index is 12.0. The molecule has 1 aromatic rings. The molecule has 1 unspecified atom stereocenters. The number of hydrogen-bond donors (Lipinski definition) is 2. The molecule has 1 atom stereocenters. The third-order valence-corrected chi connectivity index (χ3v) is 3.46. The van der Waals surface area contributed by atoms with Crippen molar-refractivity contribution in [1.82, 2.24) is 5.32 Å². The summed E-state index contributed by atoms with van der Waals surface area (Å²) in [4.78, 5) is 23.3. The van der Waals surface area contributed by atoms with Crippen molar-refractivity contribution in [3.8, 4) is 0 Å². The molecule has 4 heteroatoms. The zero-order chi connectivity index (χ0) is 14.4.